The van der Waals surface area contributed by atoms with Crippen molar-refractivity contribution < 1.29 is 4.79 Å². The van der Waals surface area contributed by atoms with Crippen molar-refractivity contribution in [2.75, 3.05) is 18.0 Å². The Morgan fingerprint density at radius 3 is 2.96 bits per heavy atom. The van der Waals surface area contributed by atoms with Crippen molar-refractivity contribution in [2.45, 2.75) is 39.2 Å². The van der Waals surface area contributed by atoms with Gasteiger partial charge in [0.05, 0.1) is 5.56 Å². The molecule has 2 aromatic rings. The highest BCUT2D eigenvalue weighted by molar-refractivity contribution is 6.00. The summed E-state index contributed by atoms with van der Waals surface area (Å²) in [5.74, 6) is 0.0287. The molecule has 0 fully saturated rings. The van der Waals surface area contributed by atoms with E-state index in [1.807, 2.05) is 18.2 Å². The predicted octanol–water partition coefficient (Wildman–Crippen LogP) is 3.02. The van der Waals surface area contributed by atoms with Crippen molar-refractivity contribution in [3.63, 3.8) is 0 Å². The van der Waals surface area contributed by atoms with Gasteiger partial charge in [0.2, 0.25) is 0 Å². The lowest BCUT2D eigenvalue weighted by molar-refractivity contribution is 0.0958. The summed E-state index contributed by atoms with van der Waals surface area (Å²) in [4.78, 5) is 19.3. The molecule has 1 N–H and O–H groups in total. The first kappa shape index (κ1) is 15.2. The third kappa shape index (κ3) is 2.77. The first-order chi connectivity index (χ1) is 11.7. The number of aryl methyl sites for hydroxylation is 2. The van der Waals surface area contributed by atoms with Crippen LogP contribution in [0.5, 0.6) is 0 Å². The Bertz CT molecular complexity index is 784. The maximum Gasteiger partial charge on any atom is 0.253 e. The van der Waals surface area contributed by atoms with Crippen LogP contribution in [0.3, 0.4) is 0 Å². The number of benzene rings is 1. The fraction of sp³-hybridized carbons (Fsp3) is 0.400. The van der Waals surface area contributed by atoms with Crippen LogP contribution in [0.25, 0.3) is 0 Å². The van der Waals surface area contributed by atoms with Gasteiger partial charge in [0, 0.05) is 36.7 Å². The number of amides is 1. The van der Waals surface area contributed by atoms with Crippen molar-refractivity contribution in [3.05, 3.63) is 58.4 Å². The second-order valence-corrected chi connectivity index (χ2v) is 6.75. The van der Waals surface area contributed by atoms with E-state index in [-0.39, 0.29) is 5.91 Å². The molecule has 4 heteroatoms. The molecule has 0 unspecified atom stereocenters. The molecule has 0 spiro atoms. The van der Waals surface area contributed by atoms with Crippen LogP contribution < -0.4 is 10.2 Å². The van der Waals surface area contributed by atoms with Crippen LogP contribution in [0.1, 0.15) is 45.7 Å². The summed E-state index contributed by atoms with van der Waals surface area (Å²) < 4.78 is 0. The Morgan fingerprint density at radius 2 is 2.04 bits per heavy atom. The first-order valence-electron chi connectivity index (χ1n) is 8.83. The van der Waals surface area contributed by atoms with Gasteiger partial charge in [-0.3, -0.25) is 9.78 Å². The number of anilines is 1. The highest BCUT2D eigenvalue weighted by Crippen LogP contribution is 2.28. The normalized spacial score (nSPS) is 16.9. The monoisotopic (exact) mass is 321 g/mol. The van der Waals surface area contributed by atoms with Gasteiger partial charge < -0.3 is 10.2 Å². The van der Waals surface area contributed by atoms with Crippen LogP contribution in [-0.2, 0) is 19.4 Å². The van der Waals surface area contributed by atoms with E-state index in [1.165, 1.54) is 29.7 Å². The number of pyridine rings is 1. The molecular formula is C20H23N3O. The summed E-state index contributed by atoms with van der Waals surface area (Å²) in [6, 6.07) is 10.1. The molecule has 0 saturated carbocycles. The number of hydrogen-bond donors (Lipinski definition) is 1. The van der Waals surface area contributed by atoms with E-state index < -0.39 is 0 Å². The molecule has 2 heterocycles. The van der Waals surface area contributed by atoms with Crippen LogP contribution in [0.2, 0.25) is 0 Å². The molecule has 1 aromatic heterocycles. The first-order valence-corrected chi connectivity index (χ1v) is 8.83. The van der Waals surface area contributed by atoms with Gasteiger partial charge in [-0.2, -0.15) is 0 Å². The summed E-state index contributed by atoms with van der Waals surface area (Å²) >= 11 is 0. The minimum atomic E-state index is 0.0287. The smallest absolute Gasteiger partial charge is 0.253 e. The fourth-order valence-electron chi connectivity index (χ4n) is 3.92. The Morgan fingerprint density at radius 1 is 1.21 bits per heavy atom. The Kier molecular flexibility index (Phi) is 3.97. The van der Waals surface area contributed by atoms with Gasteiger partial charge in [0.15, 0.2) is 0 Å². The molecule has 124 valence electrons. The van der Waals surface area contributed by atoms with E-state index >= 15 is 0 Å². The summed E-state index contributed by atoms with van der Waals surface area (Å²) in [5, 5.41) is 3.00. The quantitative estimate of drug-likeness (QED) is 0.925. The van der Waals surface area contributed by atoms with Gasteiger partial charge in [-0.1, -0.05) is 12.1 Å². The summed E-state index contributed by atoms with van der Waals surface area (Å²) in [6.45, 7) is 4.44. The molecular weight excluding hydrogens is 298 g/mol. The Balaban J connectivity index is 1.72. The number of hydrogen-bond acceptors (Lipinski definition) is 3. The fourth-order valence-corrected chi connectivity index (χ4v) is 3.92. The van der Waals surface area contributed by atoms with Gasteiger partial charge in [0.25, 0.3) is 5.91 Å². The van der Waals surface area contributed by atoms with E-state index in [9.17, 15) is 4.79 Å². The average Bonchev–Trinajstić information content (AvgIpc) is 2.75. The zero-order valence-corrected chi connectivity index (χ0v) is 14.1. The molecule has 0 saturated heterocycles. The summed E-state index contributed by atoms with van der Waals surface area (Å²) in [6.07, 6.45) is 4.72. The van der Waals surface area contributed by atoms with Crippen molar-refractivity contribution in [1.29, 1.82) is 0 Å². The topological polar surface area (TPSA) is 45.2 Å². The van der Waals surface area contributed by atoms with Crippen LogP contribution in [0.4, 0.5) is 5.69 Å². The molecule has 0 atom stereocenters. The molecule has 4 rings (SSSR count). The lowest BCUT2D eigenvalue weighted by atomic mass is 9.91. The molecule has 0 radical (unpaired) electrons. The molecule has 4 nitrogen and oxygen atoms in total. The second kappa shape index (κ2) is 6.27. The van der Waals surface area contributed by atoms with E-state index in [2.05, 4.69) is 29.3 Å². The predicted molar refractivity (Wildman–Crippen MR) is 95.4 cm³/mol. The van der Waals surface area contributed by atoms with E-state index in [1.54, 1.807) is 0 Å². The SMILES string of the molecule is Cc1cc(CN2CCNC(=O)c3ccccc32)c2c(n1)CCCC2. The van der Waals surface area contributed by atoms with Gasteiger partial charge in [-0.05, 0) is 61.9 Å². The minimum Gasteiger partial charge on any atom is -0.365 e. The summed E-state index contributed by atoms with van der Waals surface area (Å²) in [5.41, 5.74) is 7.01. The lowest BCUT2D eigenvalue weighted by Gasteiger charge is -2.27. The standard InChI is InChI=1S/C20H23N3O/c1-14-12-15(16-6-2-4-8-18(16)22-14)13-23-11-10-21-20(24)17-7-3-5-9-19(17)23/h3,5,7,9,12H,2,4,6,8,10-11,13H2,1H3,(H,21,24). The second-order valence-electron chi connectivity index (χ2n) is 6.75. The highest BCUT2D eigenvalue weighted by Gasteiger charge is 2.22. The Hall–Kier alpha value is -2.36. The number of nitrogens with zero attached hydrogens (tertiary/aromatic N) is 2. The number of carbonyl (C=O) groups is 1. The zero-order valence-electron chi connectivity index (χ0n) is 14.1. The molecule has 1 aromatic carbocycles. The molecule has 24 heavy (non-hydrogen) atoms. The number of carbonyl (C=O) groups excluding carboxylic acids is 1. The zero-order chi connectivity index (χ0) is 16.5. The number of nitrogens with one attached hydrogen (secondary N) is 1. The number of aromatic nitrogens is 1. The molecule has 2 aliphatic rings. The number of rotatable bonds is 2. The van der Waals surface area contributed by atoms with Crippen molar-refractivity contribution >= 4 is 11.6 Å². The van der Waals surface area contributed by atoms with Crippen LogP contribution >= 0.6 is 0 Å². The van der Waals surface area contributed by atoms with E-state index in [4.69, 9.17) is 4.98 Å². The maximum atomic E-state index is 12.2. The summed E-state index contributed by atoms with van der Waals surface area (Å²) in [7, 11) is 0. The minimum absolute atomic E-state index is 0.0287. The van der Waals surface area contributed by atoms with Crippen LogP contribution in [0, 0.1) is 6.92 Å². The van der Waals surface area contributed by atoms with Crippen molar-refractivity contribution in [1.82, 2.24) is 10.3 Å². The van der Waals surface area contributed by atoms with Gasteiger partial charge in [-0.25, -0.2) is 0 Å². The number of para-hydroxylation sites is 1. The van der Waals surface area contributed by atoms with Crippen LogP contribution in [-0.4, -0.2) is 24.0 Å². The maximum absolute atomic E-state index is 12.2. The molecule has 1 amide bonds. The van der Waals surface area contributed by atoms with Gasteiger partial charge >= 0.3 is 0 Å². The lowest BCUT2D eigenvalue weighted by Crippen LogP contribution is -2.30. The third-order valence-corrected chi connectivity index (χ3v) is 5.04. The van der Waals surface area contributed by atoms with E-state index in [0.717, 1.165) is 42.9 Å². The molecule has 0 bridgehead atoms. The van der Waals surface area contributed by atoms with E-state index in [0.29, 0.717) is 6.54 Å². The van der Waals surface area contributed by atoms with Gasteiger partial charge in [-0.15, -0.1) is 0 Å². The average molecular weight is 321 g/mol. The molecule has 1 aliphatic carbocycles. The Labute approximate surface area is 142 Å². The highest BCUT2D eigenvalue weighted by atomic mass is 16.1. The van der Waals surface area contributed by atoms with Gasteiger partial charge in [0.1, 0.15) is 0 Å². The molecule has 1 aliphatic heterocycles. The van der Waals surface area contributed by atoms with Crippen LogP contribution in [0.15, 0.2) is 30.3 Å². The van der Waals surface area contributed by atoms with Crippen molar-refractivity contribution in [3.8, 4) is 0 Å². The van der Waals surface area contributed by atoms with Crippen molar-refractivity contribution in [2.24, 2.45) is 0 Å². The number of fused-ring (bicyclic) bond motifs is 2. The largest absolute Gasteiger partial charge is 0.365 e. The third-order valence-electron chi connectivity index (χ3n) is 5.04.